The van der Waals surface area contributed by atoms with E-state index in [-0.39, 0.29) is 0 Å². The molecule has 0 unspecified atom stereocenters. The second-order valence-electron chi connectivity index (χ2n) is 8.97. The summed E-state index contributed by atoms with van der Waals surface area (Å²) in [5.74, 6) is 3.28. The van der Waals surface area contributed by atoms with Gasteiger partial charge >= 0.3 is 0 Å². The highest BCUT2D eigenvalue weighted by Crippen LogP contribution is 2.60. The third-order valence-electron chi connectivity index (χ3n) is 6.90. The van der Waals surface area contributed by atoms with Gasteiger partial charge in [0.15, 0.2) is 6.19 Å². The number of hydrogen-bond acceptors (Lipinski definition) is 3. The second-order valence-corrected chi connectivity index (χ2v) is 8.97. The molecule has 4 aliphatic rings. The Morgan fingerprint density at radius 1 is 1.26 bits per heavy atom. The van der Waals surface area contributed by atoms with E-state index in [2.05, 4.69) is 15.6 Å². The summed E-state index contributed by atoms with van der Waals surface area (Å²) >= 11 is 0. The molecule has 6 heteroatoms. The molecule has 1 aromatic carbocycles. The van der Waals surface area contributed by atoms with E-state index < -0.39 is 0 Å². The van der Waals surface area contributed by atoms with Crippen molar-refractivity contribution in [3.8, 4) is 6.19 Å². The van der Waals surface area contributed by atoms with Crippen molar-refractivity contribution in [3.05, 3.63) is 24.5 Å². The highest BCUT2D eigenvalue weighted by Gasteiger charge is 2.50. The van der Waals surface area contributed by atoms with Crippen LogP contribution in [0, 0.1) is 34.6 Å². The van der Waals surface area contributed by atoms with Gasteiger partial charge in [-0.3, -0.25) is 10.3 Å². The zero-order chi connectivity index (χ0) is 18.4. The highest BCUT2D eigenvalue weighted by atomic mass is 15.2. The van der Waals surface area contributed by atoms with Crippen LogP contribution in [0.3, 0.4) is 0 Å². The van der Waals surface area contributed by atoms with Gasteiger partial charge in [-0.2, -0.15) is 5.26 Å². The Morgan fingerprint density at radius 2 is 1.96 bits per heavy atom. The molecule has 140 valence electrons. The van der Waals surface area contributed by atoms with Crippen LogP contribution in [0.5, 0.6) is 0 Å². The minimum atomic E-state index is 0.358. The predicted molar refractivity (Wildman–Crippen MR) is 106 cm³/mol. The van der Waals surface area contributed by atoms with Crippen molar-refractivity contribution in [2.75, 3.05) is 11.9 Å². The number of aliphatic imine (C=N–C) groups is 1. The Bertz CT molecular complexity index is 899. The van der Waals surface area contributed by atoms with Crippen molar-refractivity contribution in [3.63, 3.8) is 0 Å². The number of imidazole rings is 1. The number of anilines is 1. The standard InChI is InChI=1S/C21H26N6/c1-27-13-25-17-3-2-4-18(19(17)27)26-20(24-12-22)23-11-21-8-14-5-15(9-21)7-16(6-14)10-21/h2-4,13-16H,5-11H2,1H3,(H2,23,24,26). The third-order valence-corrected chi connectivity index (χ3v) is 6.90. The molecule has 0 amide bonds. The fraction of sp³-hybridized carbons (Fsp3) is 0.571. The molecule has 0 saturated heterocycles. The van der Waals surface area contributed by atoms with Gasteiger partial charge < -0.3 is 9.88 Å². The van der Waals surface area contributed by atoms with Crippen LogP contribution < -0.4 is 10.6 Å². The van der Waals surface area contributed by atoms with E-state index in [4.69, 9.17) is 4.99 Å². The summed E-state index contributed by atoms with van der Waals surface area (Å²) in [5.41, 5.74) is 3.22. The summed E-state index contributed by atoms with van der Waals surface area (Å²) in [6, 6.07) is 5.97. The highest BCUT2D eigenvalue weighted by molar-refractivity contribution is 6.01. The zero-order valence-electron chi connectivity index (χ0n) is 15.8. The lowest BCUT2D eigenvalue weighted by Crippen LogP contribution is -2.47. The molecule has 4 bridgehead atoms. The maximum atomic E-state index is 9.20. The summed E-state index contributed by atoms with van der Waals surface area (Å²) in [6.07, 6.45) is 12.1. The first kappa shape index (κ1) is 16.6. The Labute approximate surface area is 159 Å². The van der Waals surface area contributed by atoms with E-state index in [1.54, 1.807) is 6.33 Å². The molecule has 0 atom stereocenters. The van der Waals surface area contributed by atoms with Gasteiger partial charge in [-0.1, -0.05) is 6.07 Å². The molecule has 2 aromatic rings. The van der Waals surface area contributed by atoms with Crippen LogP contribution in [0.1, 0.15) is 38.5 Å². The fourth-order valence-corrected chi connectivity index (χ4v) is 6.33. The quantitative estimate of drug-likeness (QED) is 0.378. The summed E-state index contributed by atoms with van der Waals surface area (Å²) in [5, 5.41) is 15.3. The van der Waals surface area contributed by atoms with Gasteiger partial charge in [0.25, 0.3) is 0 Å². The van der Waals surface area contributed by atoms with Gasteiger partial charge in [0.05, 0.1) is 23.0 Å². The lowest BCUT2D eigenvalue weighted by Gasteiger charge is -2.56. The largest absolute Gasteiger partial charge is 0.332 e. The number of benzene rings is 1. The number of nitriles is 1. The Balaban J connectivity index is 1.39. The van der Waals surface area contributed by atoms with E-state index in [1.807, 2.05) is 36.0 Å². The number of hydrogen-bond donors (Lipinski definition) is 2. The summed E-state index contributed by atoms with van der Waals surface area (Å²) < 4.78 is 1.99. The zero-order valence-corrected chi connectivity index (χ0v) is 15.8. The first-order chi connectivity index (χ1) is 13.1. The van der Waals surface area contributed by atoms with E-state index in [1.165, 1.54) is 38.5 Å². The van der Waals surface area contributed by atoms with Crippen molar-refractivity contribution < 1.29 is 0 Å². The van der Waals surface area contributed by atoms with Crippen molar-refractivity contribution >= 4 is 22.7 Å². The minimum Gasteiger partial charge on any atom is -0.332 e. The summed E-state index contributed by atoms with van der Waals surface area (Å²) in [6.45, 7) is 0.814. The first-order valence-corrected chi connectivity index (χ1v) is 10.0. The van der Waals surface area contributed by atoms with E-state index in [9.17, 15) is 5.26 Å². The van der Waals surface area contributed by atoms with Crippen molar-refractivity contribution in [2.24, 2.45) is 35.2 Å². The summed E-state index contributed by atoms with van der Waals surface area (Å²) in [4.78, 5) is 9.26. The number of rotatable bonds is 3. The number of aryl methyl sites for hydroxylation is 1. The number of fused-ring (bicyclic) bond motifs is 1. The molecular formula is C21H26N6. The molecule has 6 rings (SSSR count). The van der Waals surface area contributed by atoms with Gasteiger partial charge in [-0.05, 0) is 73.8 Å². The van der Waals surface area contributed by atoms with Crippen LogP contribution in [-0.2, 0) is 7.05 Å². The van der Waals surface area contributed by atoms with Crippen LogP contribution in [0.25, 0.3) is 11.0 Å². The second kappa shape index (κ2) is 6.26. The van der Waals surface area contributed by atoms with Gasteiger partial charge in [0.2, 0.25) is 5.96 Å². The lowest BCUT2D eigenvalue weighted by atomic mass is 9.49. The van der Waals surface area contributed by atoms with Crippen molar-refractivity contribution in [2.45, 2.75) is 38.5 Å². The van der Waals surface area contributed by atoms with Crippen LogP contribution in [0.15, 0.2) is 29.5 Å². The smallest absolute Gasteiger partial charge is 0.209 e. The topological polar surface area (TPSA) is 78.0 Å². The Kier molecular flexibility index (Phi) is 3.85. The number of aromatic nitrogens is 2. The van der Waals surface area contributed by atoms with Gasteiger partial charge in [-0.25, -0.2) is 4.98 Å². The Morgan fingerprint density at radius 3 is 2.63 bits per heavy atom. The van der Waals surface area contributed by atoms with Gasteiger partial charge in [0, 0.05) is 13.6 Å². The monoisotopic (exact) mass is 362 g/mol. The molecule has 0 spiro atoms. The molecular weight excluding hydrogens is 336 g/mol. The number of para-hydroxylation sites is 1. The number of guanidine groups is 1. The number of nitrogens with one attached hydrogen (secondary N) is 2. The predicted octanol–water partition coefficient (Wildman–Crippen LogP) is 3.63. The maximum Gasteiger partial charge on any atom is 0.209 e. The number of nitrogens with zero attached hydrogens (tertiary/aromatic N) is 4. The molecule has 4 aliphatic carbocycles. The van der Waals surface area contributed by atoms with Crippen molar-refractivity contribution in [1.29, 1.82) is 5.26 Å². The molecule has 27 heavy (non-hydrogen) atoms. The average molecular weight is 362 g/mol. The molecule has 1 aromatic heterocycles. The van der Waals surface area contributed by atoms with E-state index >= 15 is 0 Å². The molecule has 4 saturated carbocycles. The van der Waals surface area contributed by atoms with Crippen LogP contribution in [0.2, 0.25) is 0 Å². The lowest BCUT2D eigenvalue weighted by molar-refractivity contribution is -0.0465. The fourth-order valence-electron chi connectivity index (χ4n) is 6.33. The van der Waals surface area contributed by atoms with Gasteiger partial charge in [-0.15, -0.1) is 0 Å². The first-order valence-electron chi connectivity index (χ1n) is 10.0. The van der Waals surface area contributed by atoms with Crippen molar-refractivity contribution in [1.82, 2.24) is 14.9 Å². The van der Waals surface area contributed by atoms with E-state index in [0.717, 1.165) is 41.0 Å². The normalized spacial score (nSPS) is 31.9. The maximum absolute atomic E-state index is 9.20. The molecule has 4 fully saturated rings. The average Bonchev–Trinajstić information content (AvgIpc) is 3.01. The molecule has 6 nitrogen and oxygen atoms in total. The SMILES string of the molecule is Cn1cnc2cccc(NC(=NCC34CC5CC(CC(C5)C3)C4)NC#N)c21. The molecule has 2 N–H and O–H groups in total. The van der Waals surface area contributed by atoms with E-state index in [0.29, 0.717) is 11.4 Å². The van der Waals surface area contributed by atoms with Crippen LogP contribution in [0.4, 0.5) is 5.69 Å². The third kappa shape index (κ3) is 2.95. The molecule has 0 aliphatic heterocycles. The molecule has 1 heterocycles. The molecule has 0 radical (unpaired) electrons. The van der Waals surface area contributed by atoms with Crippen LogP contribution >= 0.6 is 0 Å². The Hall–Kier alpha value is -2.55. The van der Waals surface area contributed by atoms with Crippen LogP contribution in [-0.4, -0.2) is 22.1 Å². The minimum absolute atomic E-state index is 0.358. The summed E-state index contributed by atoms with van der Waals surface area (Å²) in [7, 11) is 1.98. The van der Waals surface area contributed by atoms with Gasteiger partial charge in [0.1, 0.15) is 0 Å².